The number of aromatic nitrogens is 1. The summed E-state index contributed by atoms with van der Waals surface area (Å²) >= 11 is 0. The van der Waals surface area contributed by atoms with E-state index in [1.54, 1.807) is 32.1 Å². The van der Waals surface area contributed by atoms with Crippen molar-refractivity contribution in [2.75, 3.05) is 14.2 Å². The summed E-state index contributed by atoms with van der Waals surface area (Å²) in [6.45, 7) is 3.23. The summed E-state index contributed by atoms with van der Waals surface area (Å²) < 4.78 is 10.1. The molecule has 0 aliphatic rings. The van der Waals surface area contributed by atoms with Gasteiger partial charge in [-0.25, -0.2) is 4.79 Å². The second-order valence-corrected chi connectivity index (χ2v) is 5.40. The molecule has 0 aliphatic carbocycles. The predicted molar refractivity (Wildman–Crippen MR) is 91.8 cm³/mol. The van der Waals surface area contributed by atoms with E-state index in [-0.39, 0.29) is 28.7 Å². The molecule has 0 aliphatic heterocycles. The summed E-state index contributed by atoms with van der Waals surface area (Å²) in [5.74, 6) is -1.14. The first-order valence-electron chi connectivity index (χ1n) is 7.40. The van der Waals surface area contributed by atoms with Crippen LogP contribution in [0, 0.1) is 13.8 Å². The van der Waals surface area contributed by atoms with Gasteiger partial charge in [0.25, 0.3) is 0 Å². The van der Waals surface area contributed by atoms with E-state index in [9.17, 15) is 14.7 Å². The van der Waals surface area contributed by atoms with Crippen LogP contribution in [0.5, 0.6) is 17.2 Å². The summed E-state index contributed by atoms with van der Waals surface area (Å²) in [6.07, 6.45) is 2.87. The molecule has 7 heteroatoms. The Hall–Kier alpha value is -3.22. The molecule has 0 saturated carbocycles. The van der Waals surface area contributed by atoms with Gasteiger partial charge in [-0.2, -0.15) is 0 Å². The topological polar surface area (TPSA) is 109 Å². The molecule has 7 nitrogen and oxygen atoms in total. The molecule has 0 amide bonds. The minimum Gasteiger partial charge on any atom is -0.502 e. The molecule has 0 spiro atoms. The van der Waals surface area contributed by atoms with Crippen LogP contribution in [0.4, 0.5) is 0 Å². The van der Waals surface area contributed by atoms with E-state index in [2.05, 4.69) is 4.98 Å². The lowest BCUT2D eigenvalue weighted by Gasteiger charge is -2.09. The largest absolute Gasteiger partial charge is 0.502 e. The standard InChI is InChI=1S/C18H19NO6/c1-9-15(10(2)19-16(9)18(22)23)12(20)6-5-11-7-13(24-3)17(21)14(8-11)25-4/h5-8,19,21H,1-4H3,(H,22,23)/b6-5+. The van der Waals surface area contributed by atoms with Crippen LogP contribution in [0.2, 0.25) is 0 Å². The number of allylic oxidation sites excluding steroid dienone is 1. The number of methoxy groups -OCH3 is 2. The molecule has 0 unspecified atom stereocenters. The Morgan fingerprint density at radius 3 is 2.12 bits per heavy atom. The molecule has 1 aromatic carbocycles. The van der Waals surface area contributed by atoms with E-state index in [1.165, 1.54) is 20.3 Å². The molecule has 2 rings (SSSR count). The van der Waals surface area contributed by atoms with Crippen molar-refractivity contribution in [3.05, 3.63) is 46.3 Å². The molecular formula is C18H19NO6. The number of benzene rings is 1. The summed E-state index contributed by atoms with van der Waals surface area (Å²) in [5.41, 5.74) is 1.80. The number of hydrogen-bond donors (Lipinski definition) is 3. The lowest BCUT2D eigenvalue weighted by Crippen LogP contribution is -2.01. The van der Waals surface area contributed by atoms with E-state index in [0.717, 1.165) is 0 Å². The van der Waals surface area contributed by atoms with Crippen LogP contribution in [0.1, 0.15) is 37.7 Å². The molecule has 25 heavy (non-hydrogen) atoms. The quantitative estimate of drug-likeness (QED) is 0.549. The van der Waals surface area contributed by atoms with E-state index >= 15 is 0 Å². The van der Waals surface area contributed by atoms with Gasteiger partial charge in [-0.15, -0.1) is 0 Å². The van der Waals surface area contributed by atoms with E-state index in [4.69, 9.17) is 14.6 Å². The van der Waals surface area contributed by atoms with E-state index < -0.39 is 5.97 Å². The molecule has 0 bridgehead atoms. The van der Waals surface area contributed by atoms with E-state index in [0.29, 0.717) is 22.4 Å². The van der Waals surface area contributed by atoms with Gasteiger partial charge in [-0.3, -0.25) is 4.79 Å². The fourth-order valence-electron chi connectivity index (χ4n) is 2.60. The Morgan fingerprint density at radius 1 is 1.12 bits per heavy atom. The van der Waals surface area contributed by atoms with Crippen LogP contribution in [0.25, 0.3) is 6.08 Å². The number of aromatic hydroxyl groups is 1. The number of H-pyrrole nitrogens is 1. The maximum atomic E-state index is 12.5. The van der Waals surface area contributed by atoms with Crippen LogP contribution in [0.15, 0.2) is 18.2 Å². The van der Waals surface area contributed by atoms with Crippen molar-refractivity contribution in [3.63, 3.8) is 0 Å². The van der Waals surface area contributed by atoms with Crippen LogP contribution in [-0.4, -0.2) is 41.2 Å². The van der Waals surface area contributed by atoms with Gasteiger partial charge >= 0.3 is 5.97 Å². The number of hydrogen-bond acceptors (Lipinski definition) is 5. The van der Waals surface area contributed by atoms with Crippen molar-refractivity contribution in [2.24, 2.45) is 0 Å². The highest BCUT2D eigenvalue weighted by molar-refractivity contribution is 6.10. The Labute approximate surface area is 144 Å². The van der Waals surface area contributed by atoms with Gasteiger partial charge in [0.1, 0.15) is 5.69 Å². The molecule has 0 saturated heterocycles. The zero-order valence-corrected chi connectivity index (χ0v) is 14.3. The smallest absolute Gasteiger partial charge is 0.352 e. The molecule has 0 fully saturated rings. The first-order valence-corrected chi connectivity index (χ1v) is 7.40. The number of phenols is 1. The fourth-order valence-corrected chi connectivity index (χ4v) is 2.60. The number of carbonyl (C=O) groups is 2. The van der Waals surface area contributed by atoms with Gasteiger partial charge in [0.15, 0.2) is 17.3 Å². The molecule has 132 valence electrons. The number of ether oxygens (including phenoxy) is 2. The van der Waals surface area contributed by atoms with Gasteiger partial charge in [0, 0.05) is 11.3 Å². The molecule has 2 aromatic rings. The van der Waals surface area contributed by atoms with Crippen molar-refractivity contribution in [3.8, 4) is 17.2 Å². The Morgan fingerprint density at radius 2 is 1.68 bits per heavy atom. The van der Waals surface area contributed by atoms with Crippen molar-refractivity contribution in [1.29, 1.82) is 0 Å². The second kappa shape index (κ2) is 7.12. The van der Waals surface area contributed by atoms with Gasteiger partial charge in [-0.05, 0) is 43.2 Å². The average Bonchev–Trinajstić information content (AvgIpc) is 2.88. The molecule has 1 aromatic heterocycles. The second-order valence-electron chi connectivity index (χ2n) is 5.40. The first kappa shape index (κ1) is 18.1. The number of aromatic carboxylic acids is 1. The lowest BCUT2D eigenvalue weighted by atomic mass is 10.0. The Kier molecular flexibility index (Phi) is 5.17. The van der Waals surface area contributed by atoms with Crippen molar-refractivity contribution < 1.29 is 29.3 Å². The van der Waals surface area contributed by atoms with Crippen LogP contribution >= 0.6 is 0 Å². The summed E-state index contributed by atoms with van der Waals surface area (Å²) in [7, 11) is 2.82. The minimum atomic E-state index is -1.11. The fraction of sp³-hybridized carbons (Fsp3) is 0.222. The number of ketones is 1. The summed E-state index contributed by atoms with van der Waals surface area (Å²) in [5, 5.41) is 19.0. The maximum Gasteiger partial charge on any atom is 0.352 e. The normalized spacial score (nSPS) is 10.9. The molecule has 0 atom stereocenters. The molecule has 3 N–H and O–H groups in total. The van der Waals surface area contributed by atoms with Gasteiger partial charge in [-0.1, -0.05) is 6.08 Å². The Balaban J connectivity index is 2.37. The Bertz CT molecular complexity index is 838. The van der Waals surface area contributed by atoms with Gasteiger partial charge < -0.3 is 24.7 Å². The third kappa shape index (κ3) is 3.50. The SMILES string of the molecule is COc1cc(/C=C/C(=O)c2c(C)[nH]c(C(=O)O)c2C)cc(OC)c1O. The van der Waals surface area contributed by atoms with Crippen molar-refractivity contribution in [1.82, 2.24) is 4.98 Å². The zero-order valence-electron chi connectivity index (χ0n) is 14.3. The van der Waals surface area contributed by atoms with E-state index in [1.807, 2.05) is 0 Å². The van der Waals surface area contributed by atoms with Crippen LogP contribution < -0.4 is 9.47 Å². The number of rotatable bonds is 6. The number of nitrogens with one attached hydrogen (secondary N) is 1. The first-order chi connectivity index (χ1) is 11.8. The predicted octanol–water partition coefficient (Wildman–Crippen LogP) is 2.95. The zero-order chi connectivity index (χ0) is 18.7. The van der Waals surface area contributed by atoms with Gasteiger partial charge in [0.2, 0.25) is 5.75 Å². The van der Waals surface area contributed by atoms with Crippen molar-refractivity contribution >= 4 is 17.8 Å². The van der Waals surface area contributed by atoms with Gasteiger partial charge in [0.05, 0.1) is 14.2 Å². The number of aromatic amines is 1. The number of aryl methyl sites for hydroxylation is 1. The number of phenolic OH excluding ortho intramolecular Hbond substituents is 1. The molecule has 1 heterocycles. The van der Waals surface area contributed by atoms with Crippen LogP contribution in [-0.2, 0) is 0 Å². The lowest BCUT2D eigenvalue weighted by molar-refractivity contribution is 0.0690. The highest BCUT2D eigenvalue weighted by atomic mass is 16.5. The molecular weight excluding hydrogens is 326 g/mol. The summed E-state index contributed by atoms with van der Waals surface area (Å²) in [4.78, 5) is 26.3. The molecule has 0 radical (unpaired) electrons. The number of carbonyl (C=O) groups excluding carboxylic acids is 1. The number of carboxylic acids is 1. The van der Waals surface area contributed by atoms with Crippen LogP contribution in [0.3, 0.4) is 0 Å². The minimum absolute atomic E-state index is 0.00206. The number of carboxylic acid groups (broad SMARTS) is 1. The van der Waals surface area contributed by atoms with Crippen molar-refractivity contribution in [2.45, 2.75) is 13.8 Å². The highest BCUT2D eigenvalue weighted by Gasteiger charge is 2.20. The third-order valence-corrected chi connectivity index (χ3v) is 3.83. The third-order valence-electron chi connectivity index (χ3n) is 3.83. The highest BCUT2D eigenvalue weighted by Crippen LogP contribution is 2.37. The monoisotopic (exact) mass is 345 g/mol. The maximum absolute atomic E-state index is 12.5. The summed E-state index contributed by atoms with van der Waals surface area (Å²) in [6, 6.07) is 3.11. The average molecular weight is 345 g/mol.